The number of piperidine rings is 1. The van der Waals surface area contributed by atoms with E-state index in [2.05, 4.69) is 10.6 Å². The molecule has 1 aromatic carbocycles. The zero-order chi connectivity index (χ0) is 23.3. The molecule has 2 unspecified atom stereocenters. The van der Waals surface area contributed by atoms with Crippen molar-refractivity contribution in [3.05, 3.63) is 29.3 Å². The first-order chi connectivity index (χ1) is 14.4. The third kappa shape index (κ3) is 6.27. The number of hydrogen-bond acceptors (Lipinski definition) is 6. The van der Waals surface area contributed by atoms with Crippen LogP contribution in [-0.2, 0) is 19.6 Å². The van der Waals surface area contributed by atoms with Crippen LogP contribution in [0.25, 0.3) is 0 Å². The Balaban J connectivity index is 2.16. The number of imide groups is 1. The van der Waals surface area contributed by atoms with Crippen LogP contribution in [-0.4, -0.2) is 55.4 Å². The summed E-state index contributed by atoms with van der Waals surface area (Å²) in [5.41, 5.74) is 0.567. The van der Waals surface area contributed by atoms with Gasteiger partial charge in [-0.2, -0.15) is 4.31 Å². The number of benzene rings is 1. The molecule has 1 saturated heterocycles. The summed E-state index contributed by atoms with van der Waals surface area (Å²) in [7, 11) is -3.76. The first-order valence-corrected chi connectivity index (χ1v) is 11.8. The van der Waals surface area contributed by atoms with Crippen LogP contribution in [0.15, 0.2) is 23.1 Å². The Morgan fingerprint density at radius 1 is 1.16 bits per heavy atom. The Bertz CT molecular complexity index is 944. The molecule has 2 N–H and O–H groups in total. The van der Waals surface area contributed by atoms with E-state index in [0.717, 1.165) is 19.3 Å². The van der Waals surface area contributed by atoms with Gasteiger partial charge in [0.15, 0.2) is 6.10 Å². The zero-order valence-electron chi connectivity index (χ0n) is 18.6. The second kappa shape index (κ2) is 10.2. The van der Waals surface area contributed by atoms with E-state index in [1.807, 2.05) is 6.92 Å². The van der Waals surface area contributed by atoms with E-state index in [9.17, 15) is 22.8 Å². The predicted octanol–water partition coefficient (Wildman–Crippen LogP) is 2.34. The number of nitrogens with one attached hydrogen (secondary N) is 2. The normalized spacial score (nSPS) is 18.3. The van der Waals surface area contributed by atoms with Gasteiger partial charge in [-0.05, 0) is 65.2 Å². The Morgan fingerprint density at radius 2 is 1.84 bits per heavy atom. The number of aryl methyl sites for hydroxylation is 1. The molecule has 1 aliphatic rings. The lowest BCUT2D eigenvalue weighted by atomic mass is 10.1. The summed E-state index contributed by atoms with van der Waals surface area (Å²) in [6.07, 6.45) is 1.32. The highest BCUT2D eigenvalue weighted by Gasteiger charge is 2.32. The number of carbonyl (C=O) groups excluding carboxylic acids is 3. The molecule has 1 aromatic rings. The summed E-state index contributed by atoms with van der Waals surface area (Å²) in [5, 5.41) is 4.60. The van der Waals surface area contributed by atoms with Crippen LogP contribution in [0, 0.1) is 6.92 Å². The topological polar surface area (TPSA) is 122 Å². The van der Waals surface area contributed by atoms with Gasteiger partial charge in [0.05, 0.1) is 10.5 Å². The van der Waals surface area contributed by atoms with Crippen LogP contribution in [0.3, 0.4) is 0 Å². The highest BCUT2D eigenvalue weighted by molar-refractivity contribution is 7.89. The van der Waals surface area contributed by atoms with E-state index in [0.29, 0.717) is 12.1 Å². The second-order valence-electron chi connectivity index (χ2n) is 8.10. The van der Waals surface area contributed by atoms with Crippen molar-refractivity contribution < 1.29 is 27.5 Å². The number of amides is 3. The monoisotopic (exact) mass is 453 g/mol. The maximum atomic E-state index is 13.1. The summed E-state index contributed by atoms with van der Waals surface area (Å²) in [5.74, 6) is -1.62. The van der Waals surface area contributed by atoms with E-state index in [1.165, 1.54) is 23.4 Å². The Hall–Kier alpha value is -2.46. The molecule has 2 atom stereocenters. The van der Waals surface area contributed by atoms with E-state index in [4.69, 9.17) is 4.74 Å². The average Bonchev–Trinajstić information content (AvgIpc) is 2.67. The lowest BCUT2D eigenvalue weighted by molar-refractivity contribution is -0.127. The number of rotatable bonds is 6. The van der Waals surface area contributed by atoms with E-state index in [1.54, 1.807) is 26.8 Å². The van der Waals surface area contributed by atoms with Crippen molar-refractivity contribution >= 4 is 27.9 Å². The lowest BCUT2D eigenvalue weighted by Gasteiger charge is -2.32. The highest BCUT2D eigenvalue weighted by Crippen LogP contribution is 2.26. The van der Waals surface area contributed by atoms with E-state index >= 15 is 0 Å². The molecule has 3 amide bonds. The minimum absolute atomic E-state index is 0.00668. The largest absolute Gasteiger partial charge is 0.449 e. The molecular formula is C21H31N3O6S. The number of urea groups is 1. The van der Waals surface area contributed by atoms with Crippen LogP contribution in [0.2, 0.25) is 0 Å². The first kappa shape index (κ1) is 24.8. The number of nitrogens with zero attached hydrogens (tertiary/aromatic N) is 1. The van der Waals surface area contributed by atoms with Crippen molar-refractivity contribution in [3.8, 4) is 0 Å². The summed E-state index contributed by atoms with van der Waals surface area (Å²) in [6.45, 7) is 8.77. The molecular weight excluding hydrogens is 422 g/mol. The fraction of sp³-hybridized carbons (Fsp3) is 0.571. The van der Waals surface area contributed by atoms with Gasteiger partial charge in [0.2, 0.25) is 10.0 Å². The third-order valence-corrected chi connectivity index (χ3v) is 7.10. The van der Waals surface area contributed by atoms with Gasteiger partial charge in [-0.25, -0.2) is 18.0 Å². The van der Waals surface area contributed by atoms with Gasteiger partial charge in [-0.1, -0.05) is 12.5 Å². The smallest absolute Gasteiger partial charge is 0.339 e. The van der Waals surface area contributed by atoms with Gasteiger partial charge in [0.25, 0.3) is 5.91 Å². The number of hydrogen-bond donors (Lipinski definition) is 2. The minimum Gasteiger partial charge on any atom is -0.449 e. The Kier molecular flexibility index (Phi) is 8.19. The van der Waals surface area contributed by atoms with Crippen LogP contribution >= 0.6 is 0 Å². The van der Waals surface area contributed by atoms with E-state index < -0.39 is 34.0 Å². The molecule has 0 aromatic heterocycles. The number of sulfonamides is 1. The molecule has 10 heteroatoms. The molecule has 1 heterocycles. The van der Waals surface area contributed by atoms with Gasteiger partial charge in [-0.15, -0.1) is 0 Å². The first-order valence-electron chi connectivity index (χ1n) is 10.4. The van der Waals surface area contributed by atoms with Crippen LogP contribution in [0.4, 0.5) is 4.79 Å². The molecule has 0 radical (unpaired) electrons. The molecule has 2 rings (SSSR count). The van der Waals surface area contributed by atoms with Crippen LogP contribution in [0.1, 0.15) is 62.9 Å². The van der Waals surface area contributed by atoms with Gasteiger partial charge in [0.1, 0.15) is 0 Å². The minimum atomic E-state index is -3.76. The molecule has 31 heavy (non-hydrogen) atoms. The van der Waals surface area contributed by atoms with Crippen LogP contribution < -0.4 is 10.6 Å². The average molecular weight is 454 g/mol. The van der Waals surface area contributed by atoms with Crippen molar-refractivity contribution in [1.29, 1.82) is 0 Å². The number of ether oxygens (including phenoxy) is 1. The number of carbonyl (C=O) groups is 3. The molecule has 172 valence electrons. The van der Waals surface area contributed by atoms with Gasteiger partial charge in [0, 0.05) is 18.6 Å². The second-order valence-corrected chi connectivity index (χ2v) is 9.99. The van der Waals surface area contributed by atoms with Crippen molar-refractivity contribution in [2.45, 2.75) is 77.0 Å². The molecule has 9 nitrogen and oxygen atoms in total. The van der Waals surface area contributed by atoms with E-state index in [-0.39, 0.29) is 22.5 Å². The van der Waals surface area contributed by atoms with Crippen molar-refractivity contribution in [2.24, 2.45) is 0 Å². The Morgan fingerprint density at radius 3 is 2.45 bits per heavy atom. The third-order valence-electron chi connectivity index (χ3n) is 5.09. The molecule has 0 spiro atoms. The van der Waals surface area contributed by atoms with Crippen molar-refractivity contribution in [3.63, 3.8) is 0 Å². The quantitative estimate of drug-likeness (QED) is 0.638. The van der Waals surface area contributed by atoms with Crippen molar-refractivity contribution in [1.82, 2.24) is 14.9 Å². The van der Waals surface area contributed by atoms with Gasteiger partial charge >= 0.3 is 12.0 Å². The maximum Gasteiger partial charge on any atom is 0.339 e. The van der Waals surface area contributed by atoms with Crippen LogP contribution in [0.5, 0.6) is 0 Å². The SMILES string of the molecule is Cc1ccc(S(=O)(=O)N2CCCCC2C)cc1C(=O)OC(C)C(=O)NC(=O)NC(C)C. The zero-order valence-corrected chi connectivity index (χ0v) is 19.4. The standard InChI is InChI=1S/C21H31N3O6S/c1-13(2)22-21(27)23-19(25)16(5)30-20(26)18-12-17(10-9-14(18)3)31(28,29)24-11-7-6-8-15(24)4/h9-10,12-13,15-16H,6-8,11H2,1-5H3,(H2,22,23,25,27). The summed E-state index contributed by atoms with van der Waals surface area (Å²) >= 11 is 0. The predicted molar refractivity (Wildman–Crippen MR) is 115 cm³/mol. The fourth-order valence-corrected chi connectivity index (χ4v) is 5.06. The highest BCUT2D eigenvalue weighted by atomic mass is 32.2. The maximum absolute atomic E-state index is 13.1. The number of esters is 1. The summed E-state index contributed by atoms with van der Waals surface area (Å²) in [4.78, 5) is 36.4. The molecule has 0 aliphatic carbocycles. The Labute approximate surface area is 183 Å². The van der Waals surface area contributed by atoms with Crippen molar-refractivity contribution in [2.75, 3.05) is 6.54 Å². The summed E-state index contributed by atoms with van der Waals surface area (Å²) < 4.78 is 32.8. The van der Waals surface area contributed by atoms with Gasteiger partial charge < -0.3 is 10.1 Å². The fourth-order valence-electron chi connectivity index (χ4n) is 3.34. The lowest BCUT2D eigenvalue weighted by Crippen LogP contribution is -2.46. The van der Waals surface area contributed by atoms with Gasteiger partial charge in [-0.3, -0.25) is 10.1 Å². The molecule has 0 saturated carbocycles. The summed E-state index contributed by atoms with van der Waals surface area (Å²) in [6, 6.07) is 3.32. The molecule has 0 bridgehead atoms. The molecule has 1 fully saturated rings. The molecule has 1 aliphatic heterocycles.